The summed E-state index contributed by atoms with van der Waals surface area (Å²) in [6.07, 6.45) is 1.68. The smallest absolute Gasteiger partial charge is 0.407 e. The van der Waals surface area contributed by atoms with Gasteiger partial charge in [0.05, 0.1) is 12.1 Å². The van der Waals surface area contributed by atoms with Crippen molar-refractivity contribution in [1.29, 1.82) is 0 Å². The molecule has 1 saturated heterocycles. The van der Waals surface area contributed by atoms with Crippen molar-refractivity contribution in [2.45, 2.75) is 58.2 Å². The number of hydrogen-bond donors (Lipinski definition) is 2. The minimum absolute atomic E-state index is 0.0645. The van der Waals surface area contributed by atoms with Gasteiger partial charge in [-0.05, 0) is 58.2 Å². The van der Waals surface area contributed by atoms with Gasteiger partial charge in [0.15, 0.2) is 0 Å². The summed E-state index contributed by atoms with van der Waals surface area (Å²) in [6.45, 7) is 8.72. The Morgan fingerprint density at radius 3 is 2.71 bits per heavy atom. The van der Waals surface area contributed by atoms with Crippen LogP contribution in [0.2, 0.25) is 0 Å². The summed E-state index contributed by atoms with van der Waals surface area (Å²) in [7, 11) is 0. The Bertz CT molecular complexity index is 494. The summed E-state index contributed by atoms with van der Waals surface area (Å²) < 4.78 is 5.38. The van der Waals surface area contributed by atoms with Gasteiger partial charge >= 0.3 is 6.09 Å². The van der Waals surface area contributed by atoms with Crippen LogP contribution < -0.4 is 10.6 Å². The first-order valence-corrected chi connectivity index (χ1v) is 7.65. The molecule has 4 nitrogen and oxygen atoms in total. The molecule has 2 unspecified atom stereocenters. The molecule has 1 aliphatic rings. The second-order valence-corrected chi connectivity index (χ2v) is 6.68. The zero-order valence-electron chi connectivity index (χ0n) is 13.4. The highest BCUT2D eigenvalue weighted by atomic mass is 16.6. The Labute approximate surface area is 127 Å². The number of ether oxygens (including phenoxy) is 1. The van der Waals surface area contributed by atoms with Crippen LogP contribution in [0.5, 0.6) is 0 Å². The number of carbonyl (C=O) groups excluding carboxylic acids is 1. The molecule has 0 aromatic heterocycles. The zero-order valence-corrected chi connectivity index (χ0v) is 13.4. The van der Waals surface area contributed by atoms with Crippen LogP contribution in [0.15, 0.2) is 24.3 Å². The summed E-state index contributed by atoms with van der Waals surface area (Å²) in [5.41, 5.74) is 2.02. The van der Waals surface area contributed by atoms with E-state index in [4.69, 9.17) is 4.74 Å². The molecule has 1 aromatic carbocycles. The second-order valence-electron chi connectivity index (χ2n) is 6.68. The molecule has 4 heteroatoms. The highest BCUT2D eigenvalue weighted by Gasteiger charge is 2.29. The first kappa shape index (κ1) is 15.8. The number of alkyl carbamates (subject to hydrolysis) is 1. The quantitative estimate of drug-likeness (QED) is 0.878. The van der Waals surface area contributed by atoms with Crippen molar-refractivity contribution in [1.82, 2.24) is 10.6 Å². The molecule has 0 spiro atoms. The largest absolute Gasteiger partial charge is 0.444 e. The minimum atomic E-state index is -0.468. The Morgan fingerprint density at radius 1 is 1.33 bits per heavy atom. The van der Waals surface area contributed by atoms with Gasteiger partial charge in [-0.25, -0.2) is 4.79 Å². The van der Waals surface area contributed by atoms with Crippen molar-refractivity contribution in [2.75, 3.05) is 6.54 Å². The lowest BCUT2D eigenvalue weighted by Gasteiger charge is -2.34. The van der Waals surface area contributed by atoms with Gasteiger partial charge in [-0.1, -0.05) is 24.3 Å². The highest BCUT2D eigenvalue weighted by Crippen LogP contribution is 2.26. The topological polar surface area (TPSA) is 50.4 Å². The number of hydrogen-bond acceptors (Lipinski definition) is 3. The van der Waals surface area contributed by atoms with E-state index >= 15 is 0 Å². The number of rotatable bonds is 2. The minimum Gasteiger partial charge on any atom is -0.444 e. The molecule has 2 atom stereocenters. The fraction of sp³-hybridized carbons (Fsp3) is 0.588. The first-order valence-electron chi connectivity index (χ1n) is 7.65. The number of piperidine rings is 1. The third kappa shape index (κ3) is 4.46. The fourth-order valence-corrected chi connectivity index (χ4v) is 2.77. The van der Waals surface area contributed by atoms with Gasteiger partial charge < -0.3 is 15.4 Å². The molecule has 0 saturated carbocycles. The molecular weight excluding hydrogens is 264 g/mol. The lowest BCUT2D eigenvalue weighted by Crippen LogP contribution is -2.49. The van der Waals surface area contributed by atoms with Gasteiger partial charge in [-0.3, -0.25) is 0 Å². The summed E-state index contributed by atoms with van der Waals surface area (Å²) in [5, 5.41) is 6.55. The molecule has 1 heterocycles. The summed E-state index contributed by atoms with van der Waals surface area (Å²) in [6, 6.07) is 8.53. The summed E-state index contributed by atoms with van der Waals surface area (Å²) in [5.74, 6) is 0. The van der Waals surface area contributed by atoms with Crippen LogP contribution in [0.1, 0.15) is 50.8 Å². The van der Waals surface area contributed by atoms with E-state index in [0.29, 0.717) is 0 Å². The molecular formula is C17H26N2O2. The van der Waals surface area contributed by atoms with Crippen molar-refractivity contribution in [3.63, 3.8) is 0 Å². The molecule has 2 rings (SSSR count). The van der Waals surface area contributed by atoms with E-state index in [1.54, 1.807) is 0 Å². The molecule has 116 valence electrons. The van der Waals surface area contributed by atoms with Gasteiger partial charge in [0.2, 0.25) is 0 Å². The van der Waals surface area contributed by atoms with Crippen LogP contribution in [0.3, 0.4) is 0 Å². The van der Waals surface area contributed by atoms with Gasteiger partial charge in [-0.15, -0.1) is 0 Å². The standard InChI is InChI=1S/C17H26N2O2/c1-12-8-5-6-9-13(12)15-14(10-7-11-18-15)19-16(20)21-17(2,3)4/h5-6,8-9,14-15,18H,7,10-11H2,1-4H3,(H,19,20). The van der Waals surface area contributed by atoms with Crippen molar-refractivity contribution in [3.8, 4) is 0 Å². The van der Waals surface area contributed by atoms with Crippen LogP contribution in [-0.2, 0) is 4.74 Å². The summed E-state index contributed by atoms with van der Waals surface area (Å²) >= 11 is 0. The van der Waals surface area contributed by atoms with Crippen LogP contribution in [0.4, 0.5) is 4.79 Å². The van der Waals surface area contributed by atoms with Crippen molar-refractivity contribution in [3.05, 3.63) is 35.4 Å². The Morgan fingerprint density at radius 2 is 2.05 bits per heavy atom. The van der Waals surface area contributed by atoms with E-state index < -0.39 is 5.60 Å². The Balaban J connectivity index is 2.09. The number of nitrogens with one attached hydrogen (secondary N) is 2. The monoisotopic (exact) mass is 290 g/mol. The van der Waals surface area contributed by atoms with Crippen LogP contribution in [-0.4, -0.2) is 24.3 Å². The number of carbonyl (C=O) groups is 1. The molecule has 1 amide bonds. The lowest BCUT2D eigenvalue weighted by molar-refractivity contribution is 0.0481. The molecule has 21 heavy (non-hydrogen) atoms. The van der Waals surface area contributed by atoms with Crippen LogP contribution in [0, 0.1) is 6.92 Å². The predicted molar refractivity (Wildman–Crippen MR) is 84.3 cm³/mol. The van der Waals surface area contributed by atoms with Crippen molar-refractivity contribution in [2.24, 2.45) is 0 Å². The van der Waals surface area contributed by atoms with Gasteiger partial charge in [0.25, 0.3) is 0 Å². The van der Waals surface area contributed by atoms with E-state index in [9.17, 15) is 4.79 Å². The van der Waals surface area contributed by atoms with E-state index in [1.807, 2.05) is 32.9 Å². The fourth-order valence-electron chi connectivity index (χ4n) is 2.77. The third-order valence-corrected chi connectivity index (χ3v) is 3.68. The lowest BCUT2D eigenvalue weighted by atomic mass is 9.90. The molecule has 1 fully saturated rings. The summed E-state index contributed by atoms with van der Waals surface area (Å²) in [4.78, 5) is 12.0. The average Bonchev–Trinajstić information content (AvgIpc) is 2.38. The third-order valence-electron chi connectivity index (χ3n) is 3.68. The molecule has 0 bridgehead atoms. The number of benzene rings is 1. The van der Waals surface area contributed by atoms with Crippen molar-refractivity contribution >= 4 is 6.09 Å². The maximum Gasteiger partial charge on any atom is 0.407 e. The Kier molecular flexibility index (Phi) is 4.88. The zero-order chi connectivity index (χ0) is 15.5. The van der Waals surface area contributed by atoms with Gasteiger partial charge in [-0.2, -0.15) is 0 Å². The van der Waals surface area contributed by atoms with Crippen LogP contribution in [0.25, 0.3) is 0 Å². The Hall–Kier alpha value is -1.55. The molecule has 2 N–H and O–H groups in total. The normalized spacial score (nSPS) is 22.7. The highest BCUT2D eigenvalue weighted by molar-refractivity contribution is 5.68. The van der Waals surface area contributed by atoms with Gasteiger partial charge in [0.1, 0.15) is 5.60 Å². The number of aryl methyl sites for hydroxylation is 1. The molecule has 0 aliphatic carbocycles. The molecule has 1 aliphatic heterocycles. The first-order chi connectivity index (χ1) is 9.87. The predicted octanol–water partition coefficient (Wildman–Crippen LogP) is 3.31. The van der Waals surface area contributed by atoms with E-state index in [2.05, 4.69) is 29.7 Å². The van der Waals surface area contributed by atoms with Crippen molar-refractivity contribution < 1.29 is 9.53 Å². The maximum absolute atomic E-state index is 12.0. The maximum atomic E-state index is 12.0. The number of amides is 1. The van der Waals surface area contributed by atoms with Gasteiger partial charge in [0, 0.05) is 0 Å². The van der Waals surface area contributed by atoms with E-state index in [1.165, 1.54) is 11.1 Å². The van der Waals surface area contributed by atoms with E-state index in [-0.39, 0.29) is 18.2 Å². The SMILES string of the molecule is Cc1ccccc1C1NCCCC1NC(=O)OC(C)(C)C. The molecule has 0 radical (unpaired) electrons. The average molecular weight is 290 g/mol. The van der Waals surface area contributed by atoms with Crippen LogP contribution >= 0.6 is 0 Å². The molecule has 1 aromatic rings. The second kappa shape index (κ2) is 6.48. The van der Waals surface area contributed by atoms with E-state index in [0.717, 1.165) is 19.4 Å².